The molecule has 9 heteroatoms. The van der Waals surface area contributed by atoms with Crippen molar-refractivity contribution >= 4 is 23.7 Å². The Hall–Kier alpha value is -2.16. The van der Waals surface area contributed by atoms with Gasteiger partial charge >= 0.3 is 5.97 Å². The van der Waals surface area contributed by atoms with Crippen molar-refractivity contribution in [3.05, 3.63) is 0 Å². The Balaban J connectivity index is 2.41. The molecular weight excluding hydrogens is 330 g/mol. The monoisotopic (exact) mass is 357 g/mol. The van der Waals surface area contributed by atoms with Gasteiger partial charge in [0.05, 0.1) is 0 Å². The van der Waals surface area contributed by atoms with Crippen molar-refractivity contribution in [2.24, 2.45) is 5.92 Å². The summed E-state index contributed by atoms with van der Waals surface area (Å²) in [6, 6.07) is -0.744. The lowest BCUT2D eigenvalue weighted by atomic mass is 9.98. The summed E-state index contributed by atoms with van der Waals surface area (Å²) in [6.45, 7) is 6.16. The van der Waals surface area contributed by atoms with E-state index in [0.717, 1.165) is 6.42 Å². The first-order chi connectivity index (χ1) is 11.8. The molecule has 1 heterocycles. The quantitative estimate of drug-likeness (QED) is 0.288. The molecule has 142 valence electrons. The first-order valence-electron chi connectivity index (χ1n) is 8.48. The zero-order valence-corrected chi connectivity index (χ0v) is 14.8. The fourth-order valence-corrected chi connectivity index (χ4v) is 2.27. The normalized spacial score (nSPS) is 20.9. The number of carbonyl (C=O) groups excluding carboxylic acids is 3. The summed E-state index contributed by atoms with van der Waals surface area (Å²) in [5, 5.41) is 16.8. The Kier molecular flexibility index (Phi) is 8.33. The van der Waals surface area contributed by atoms with Crippen LogP contribution in [0.2, 0.25) is 0 Å². The van der Waals surface area contributed by atoms with E-state index in [2.05, 4.69) is 16.0 Å². The molecule has 1 aliphatic heterocycles. The van der Waals surface area contributed by atoms with E-state index in [1.807, 2.05) is 13.8 Å². The van der Waals surface area contributed by atoms with Gasteiger partial charge in [0.15, 0.2) is 12.2 Å². The van der Waals surface area contributed by atoms with Crippen molar-refractivity contribution in [1.82, 2.24) is 16.0 Å². The highest BCUT2D eigenvalue weighted by molar-refractivity contribution is 5.95. The van der Waals surface area contributed by atoms with E-state index in [1.54, 1.807) is 0 Å². The molecule has 9 nitrogen and oxygen atoms in total. The van der Waals surface area contributed by atoms with E-state index < -0.39 is 30.1 Å². The lowest BCUT2D eigenvalue weighted by molar-refractivity contribution is -0.138. The Bertz CT molecular complexity index is 510. The van der Waals surface area contributed by atoms with Crippen molar-refractivity contribution in [3.8, 4) is 0 Å². The number of rotatable bonds is 11. The van der Waals surface area contributed by atoms with Gasteiger partial charge in [-0.15, -0.1) is 0 Å². The van der Waals surface area contributed by atoms with Gasteiger partial charge in [0, 0.05) is 20.0 Å². The molecule has 4 atom stereocenters. The molecule has 3 amide bonds. The molecule has 25 heavy (non-hydrogen) atoms. The van der Waals surface area contributed by atoms with Crippen LogP contribution < -0.4 is 16.0 Å². The summed E-state index contributed by atoms with van der Waals surface area (Å²) in [5.41, 5.74) is 0. The second-order valence-corrected chi connectivity index (χ2v) is 6.17. The van der Waals surface area contributed by atoms with Crippen LogP contribution in [0.4, 0.5) is 0 Å². The number of unbranched alkanes of at least 4 members (excludes halogenated alkanes) is 1. The number of ether oxygens (including phenoxy) is 1. The van der Waals surface area contributed by atoms with E-state index in [9.17, 15) is 19.2 Å². The summed E-state index contributed by atoms with van der Waals surface area (Å²) in [6.07, 6.45) is -0.0606. The molecule has 1 unspecified atom stereocenters. The van der Waals surface area contributed by atoms with Crippen molar-refractivity contribution in [3.63, 3.8) is 0 Å². The van der Waals surface area contributed by atoms with Crippen LogP contribution in [0, 0.1) is 5.92 Å². The number of hydrogen-bond donors (Lipinski definition) is 4. The number of amides is 3. The smallest absolute Gasteiger partial charge is 0.336 e. The third-order valence-electron chi connectivity index (χ3n) is 4.06. The van der Waals surface area contributed by atoms with Crippen LogP contribution in [-0.2, 0) is 23.9 Å². The standard InChI is InChI=1S/C16H27N3O6/c1-4-9(2)11(19-15(22)12-13(25-12)16(23)24)14(21)18-8-6-5-7-17-10(3)20/h9,11-13H,4-8H2,1-3H3,(H,17,20)(H,18,21)(H,19,22)(H,23,24)/t9?,11-,12-,13-/m0/s1. The third kappa shape index (κ3) is 7.08. The van der Waals surface area contributed by atoms with Gasteiger partial charge < -0.3 is 25.8 Å². The highest BCUT2D eigenvalue weighted by atomic mass is 16.6. The zero-order chi connectivity index (χ0) is 19.0. The van der Waals surface area contributed by atoms with Gasteiger partial charge in [-0.2, -0.15) is 0 Å². The van der Waals surface area contributed by atoms with Gasteiger partial charge in [-0.1, -0.05) is 20.3 Å². The van der Waals surface area contributed by atoms with E-state index in [-0.39, 0.29) is 17.7 Å². The number of aliphatic carboxylic acids is 1. The fraction of sp³-hybridized carbons (Fsp3) is 0.750. The van der Waals surface area contributed by atoms with Crippen molar-refractivity contribution in [2.75, 3.05) is 13.1 Å². The van der Waals surface area contributed by atoms with E-state index in [0.29, 0.717) is 25.9 Å². The molecule has 0 aromatic heterocycles. The molecule has 0 spiro atoms. The number of nitrogens with one attached hydrogen (secondary N) is 3. The summed E-state index contributed by atoms with van der Waals surface area (Å²) < 4.78 is 4.80. The van der Waals surface area contributed by atoms with Crippen LogP contribution in [0.25, 0.3) is 0 Å². The lowest BCUT2D eigenvalue weighted by Gasteiger charge is -2.23. The first-order valence-corrected chi connectivity index (χ1v) is 8.48. The fourth-order valence-electron chi connectivity index (χ4n) is 2.27. The minimum Gasteiger partial charge on any atom is -0.479 e. The van der Waals surface area contributed by atoms with Crippen LogP contribution in [0.15, 0.2) is 0 Å². The molecule has 0 aromatic carbocycles. The minimum absolute atomic E-state index is 0.0921. The SMILES string of the molecule is CCC(C)[C@H](NC(=O)[C@H]1O[C@@H]1C(=O)O)C(=O)NCCCCNC(C)=O. The van der Waals surface area contributed by atoms with Crippen LogP contribution >= 0.6 is 0 Å². The van der Waals surface area contributed by atoms with Gasteiger partial charge in [0.1, 0.15) is 6.04 Å². The highest BCUT2D eigenvalue weighted by Crippen LogP contribution is 2.23. The van der Waals surface area contributed by atoms with Gasteiger partial charge in [-0.3, -0.25) is 14.4 Å². The number of carbonyl (C=O) groups is 4. The second kappa shape index (κ2) is 9.97. The average Bonchev–Trinajstić information content (AvgIpc) is 3.35. The maximum atomic E-state index is 12.3. The Labute approximate surface area is 146 Å². The number of carboxylic acid groups (broad SMARTS) is 1. The molecule has 1 aliphatic rings. The molecular formula is C16H27N3O6. The summed E-state index contributed by atoms with van der Waals surface area (Å²) in [5.74, 6) is -2.28. The molecule has 0 saturated carbocycles. The van der Waals surface area contributed by atoms with Gasteiger partial charge in [-0.25, -0.2) is 4.79 Å². The molecule has 0 aromatic rings. The second-order valence-electron chi connectivity index (χ2n) is 6.17. The molecule has 1 saturated heterocycles. The average molecular weight is 357 g/mol. The topological polar surface area (TPSA) is 137 Å². The maximum absolute atomic E-state index is 12.3. The zero-order valence-electron chi connectivity index (χ0n) is 14.8. The Morgan fingerprint density at radius 1 is 1.08 bits per heavy atom. The Morgan fingerprint density at radius 2 is 1.68 bits per heavy atom. The summed E-state index contributed by atoms with van der Waals surface area (Å²) in [4.78, 5) is 45.8. The lowest BCUT2D eigenvalue weighted by Crippen LogP contribution is -2.51. The third-order valence-corrected chi connectivity index (χ3v) is 4.06. The Morgan fingerprint density at radius 3 is 2.16 bits per heavy atom. The molecule has 1 fully saturated rings. The van der Waals surface area contributed by atoms with Crippen LogP contribution in [0.1, 0.15) is 40.0 Å². The minimum atomic E-state index is -1.19. The summed E-state index contributed by atoms with van der Waals surface area (Å²) >= 11 is 0. The number of carboxylic acids is 1. The van der Waals surface area contributed by atoms with E-state index >= 15 is 0 Å². The van der Waals surface area contributed by atoms with Crippen LogP contribution in [-0.4, -0.2) is 60.1 Å². The van der Waals surface area contributed by atoms with E-state index in [4.69, 9.17) is 9.84 Å². The van der Waals surface area contributed by atoms with Gasteiger partial charge in [0.25, 0.3) is 5.91 Å². The molecule has 0 radical (unpaired) electrons. The predicted molar refractivity (Wildman–Crippen MR) is 88.6 cm³/mol. The first kappa shape index (κ1) is 20.9. The van der Waals surface area contributed by atoms with Gasteiger partial charge in [0.2, 0.25) is 11.8 Å². The van der Waals surface area contributed by atoms with Crippen LogP contribution in [0.5, 0.6) is 0 Å². The molecule has 0 aliphatic carbocycles. The largest absolute Gasteiger partial charge is 0.479 e. The molecule has 4 N–H and O–H groups in total. The van der Waals surface area contributed by atoms with Gasteiger partial charge in [-0.05, 0) is 18.8 Å². The highest BCUT2D eigenvalue weighted by Gasteiger charge is 2.51. The number of hydrogen-bond acceptors (Lipinski definition) is 5. The summed E-state index contributed by atoms with van der Waals surface area (Å²) in [7, 11) is 0. The molecule has 1 rings (SSSR count). The van der Waals surface area contributed by atoms with Crippen molar-refractivity contribution < 1.29 is 29.0 Å². The predicted octanol–water partition coefficient (Wildman–Crippen LogP) is -0.598. The van der Waals surface area contributed by atoms with Crippen molar-refractivity contribution in [2.45, 2.75) is 58.3 Å². The number of epoxide rings is 1. The maximum Gasteiger partial charge on any atom is 0.336 e. The van der Waals surface area contributed by atoms with Crippen molar-refractivity contribution in [1.29, 1.82) is 0 Å². The van der Waals surface area contributed by atoms with Crippen LogP contribution in [0.3, 0.4) is 0 Å². The van der Waals surface area contributed by atoms with E-state index in [1.165, 1.54) is 6.92 Å². The molecule has 0 bridgehead atoms.